The van der Waals surface area contributed by atoms with Crippen LogP contribution in [0, 0.1) is 29.1 Å². The van der Waals surface area contributed by atoms with Gasteiger partial charge in [-0.3, -0.25) is 4.79 Å². The summed E-state index contributed by atoms with van der Waals surface area (Å²) in [5.41, 5.74) is 0.450. The van der Waals surface area contributed by atoms with E-state index >= 15 is 0 Å². The first-order chi connectivity index (χ1) is 12.9. The highest BCUT2D eigenvalue weighted by Gasteiger charge is 2.56. The molecular weight excluding hydrogens is 336 g/mol. The minimum absolute atomic E-state index is 0.256. The molecule has 0 aromatic heterocycles. The van der Waals surface area contributed by atoms with E-state index in [-0.39, 0.29) is 12.5 Å². The highest BCUT2D eigenvalue weighted by atomic mass is 16.4. The smallest absolute Gasteiger partial charge is 0.303 e. The fraction of sp³-hybridized carbons (Fsp3) is 0.792. The lowest BCUT2D eigenvalue weighted by molar-refractivity contribution is -0.137. The zero-order valence-electron chi connectivity index (χ0n) is 17.6. The topological polar surface area (TPSA) is 57.5 Å². The van der Waals surface area contributed by atoms with Crippen LogP contribution in [0.25, 0.3) is 0 Å². The average Bonchev–Trinajstić information content (AvgIpc) is 2.62. The molecule has 3 saturated carbocycles. The maximum atomic E-state index is 10.6. The predicted molar refractivity (Wildman–Crippen MR) is 112 cm³/mol. The molecule has 0 radical (unpaired) electrons. The van der Waals surface area contributed by atoms with Crippen molar-refractivity contribution in [3.63, 3.8) is 0 Å². The van der Waals surface area contributed by atoms with Crippen LogP contribution in [0.1, 0.15) is 85.0 Å². The number of aliphatic hydroxyl groups is 1. The molecule has 0 heterocycles. The number of aliphatic carboxylic acids is 1. The van der Waals surface area contributed by atoms with Crippen LogP contribution >= 0.6 is 0 Å². The molecule has 0 aliphatic heterocycles. The quantitative estimate of drug-likeness (QED) is 0.325. The van der Waals surface area contributed by atoms with Crippen LogP contribution in [0.3, 0.4) is 0 Å². The molecule has 0 aromatic carbocycles. The molecule has 2 N–H and O–H groups in total. The molecule has 27 heavy (non-hydrogen) atoms. The van der Waals surface area contributed by atoms with Crippen molar-refractivity contribution in [2.75, 3.05) is 0 Å². The van der Waals surface area contributed by atoms with E-state index in [0.717, 1.165) is 43.9 Å². The van der Waals surface area contributed by atoms with Crippen molar-refractivity contribution in [2.45, 2.75) is 91.1 Å². The number of carboxylic acid groups (broad SMARTS) is 1. The predicted octanol–water partition coefficient (Wildman–Crippen LogP) is 5.98. The van der Waals surface area contributed by atoms with E-state index in [1.54, 1.807) is 0 Å². The van der Waals surface area contributed by atoms with E-state index in [0.29, 0.717) is 17.3 Å². The van der Waals surface area contributed by atoms with Crippen LogP contribution in [0.4, 0.5) is 0 Å². The molecule has 3 aliphatic carbocycles. The van der Waals surface area contributed by atoms with Gasteiger partial charge in [-0.1, -0.05) is 64.3 Å². The van der Waals surface area contributed by atoms with Gasteiger partial charge in [0.05, 0.1) is 6.10 Å². The van der Waals surface area contributed by atoms with Crippen molar-refractivity contribution in [3.8, 4) is 0 Å². The number of aliphatic hydroxyl groups excluding tert-OH is 1. The average molecular weight is 377 g/mol. The molecule has 3 nitrogen and oxygen atoms in total. The van der Waals surface area contributed by atoms with Gasteiger partial charge in [0.2, 0.25) is 0 Å². The van der Waals surface area contributed by atoms with Gasteiger partial charge in [0, 0.05) is 6.42 Å². The highest BCUT2D eigenvalue weighted by molar-refractivity contribution is 5.66. The van der Waals surface area contributed by atoms with Gasteiger partial charge in [0.15, 0.2) is 0 Å². The Balaban J connectivity index is 1.88. The standard InChI is InChI=1S/C24H40O3/c1-4-5-8-11-20(25)15-14-18-16-19-17-22(24(19,2)3)21(18)12-9-6-7-10-13-23(26)27/h6,9,14-15,18-22,25H,4-5,7-8,10-13,16-17H2,1-3H3,(H,26,27)/b9-6+,15-14+. The molecule has 5 unspecified atom stereocenters. The van der Waals surface area contributed by atoms with Crippen LogP contribution < -0.4 is 0 Å². The van der Waals surface area contributed by atoms with Crippen LogP contribution in [0.15, 0.2) is 24.3 Å². The van der Waals surface area contributed by atoms with Gasteiger partial charge < -0.3 is 10.2 Å². The van der Waals surface area contributed by atoms with Gasteiger partial charge in [-0.2, -0.15) is 0 Å². The Morgan fingerprint density at radius 3 is 2.63 bits per heavy atom. The summed E-state index contributed by atoms with van der Waals surface area (Å²) < 4.78 is 0. The van der Waals surface area contributed by atoms with Gasteiger partial charge in [-0.15, -0.1) is 0 Å². The van der Waals surface area contributed by atoms with E-state index < -0.39 is 5.97 Å². The molecule has 0 aromatic rings. The van der Waals surface area contributed by atoms with Crippen molar-refractivity contribution in [1.29, 1.82) is 0 Å². The summed E-state index contributed by atoms with van der Waals surface area (Å²) in [5, 5.41) is 19.0. The third kappa shape index (κ3) is 6.20. The van der Waals surface area contributed by atoms with Crippen LogP contribution in [0.2, 0.25) is 0 Å². The zero-order chi connectivity index (χ0) is 19.9. The molecule has 0 saturated heterocycles. The zero-order valence-corrected chi connectivity index (χ0v) is 17.6. The molecule has 2 bridgehead atoms. The van der Waals surface area contributed by atoms with E-state index in [1.165, 1.54) is 25.7 Å². The minimum atomic E-state index is -0.708. The minimum Gasteiger partial charge on any atom is -0.481 e. The number of hydrogen-bond donors (Lipinski definition) is 2. The Morgan fingerprint density at radius 1 is 1.19 bits per heavy atom. The fourth-order valence-corrected chi connectivity index (χ4v) is 5.26. The second kappa shape index (κ2) is 10.5. The van der Waals surface area contributed by atoms with Crippen molar-refractivity contribution in [1.82, 2.24) is 0 Å². The normalized spacial score (nSPS) is 30.5. The molecule has 3 fully saturated rings. The first-order valence-electron chi connectivity index (χ1n) is 11.1. The summed E-state index contributed by atoms with van der Waals surface area (Å²) in [6, 6.07) is 0. The number of allylic oxidation sites excluding steroid dienone is 3. The Kier molecular flexibility index (Phi) is 8.60. The molecule has 5 atom stereocenters. The molecule has 3 rings (SSSR count). The molecule has 3 aliphatic rings. The number of carboxylic acids is 1. The summed E-state index contributed by atoms with van der Waals surface area (Å²) in [6.07, 6.45) is 18.4. The third-order valence-electron chi connectivity index (χ3n) is 7.19. The van der Waals surface area contributed by atoms with Crippen LogP contribution in [0.5, 0.6) is 0 Å². The Bertz CT molecular complexity index is 520. The number of fused-ring (bicyclic) bond motifs is 2. The van der Waals surface area contributed by atoms with Gasteiger partial charge in [-0.25, -0.2) is 0 Å². The molecule has 154 valence electrons. The maximum Gasteiger partial charge on any atom is 0.303 e. The summed E-state index contributed by atoms with van der Waals surface area (Å²) in [5.74, 6) is 2.11. The van der Waals surface area contributed by atoms with E-state index in [4.69, 9.17) is 5.11 Å². The highest BCUT2D eigenvalue weighted by Crippen LogP contribution is 2.64. The second-order valence-corrected chi connectivity index (χ2v) is 9.37. The Morgan fingerprint density at radius 2 is 1.96 bits per heavy atom. The monoisotopic (exact) mass is 376 g/mol. The van der Waals surface area contributed by atoms with Crippen LogP contribution in [-0.4, -0.2) is 22.3 Å². The van der Waals surface area contributed by atoms with Crippen molar-refractivity contribution < 1.29 is 15.0 Å². The number of carbonyl (C=O) groups is 1. The summed E-state index contributed by atoms with van der Waals surface area (Å²) in [4.78, 5) is 10.6. The first kappa shape index (κ1) is 22.2. The molecule has 3 heteroatoms. The third-order valence-corrected chi connectivity index (χ3v) is 7.19. The van der Waals surface area contributed by atoms with Gasteiger partial charge >= 0.3 is 5.97 Å². The summed E-state index contributed by atoms with van der Waals surface area (Å²) >= 11 is 0. The van der Waals surface area contributed by atoms with E-state index in [2.05, 4.69) is 45.1 Å². The number of rotatable bonds is 12. The Labute approximate surface area is 165 Å². The maximum absolute atomic E-state index is 10.6. The second-order valence-electron chi connectivity index (χ2n) is 9.37. The fourth-order valence-electron chi connectivity index (χ4n) is 5.26. The van der Waals surface area contributed by atoms with Crippen molar-refractivity contribution >= 4 is 5.97 Å². The Hall–Kier alpha value is -1.09. The van der Waals surface area contributed by atoms with Gasteiger partial charge in [-0.05, 0) is 67.6 Å². The number of unbranched alkanes of at least 4 members (excludes halogenated alkanes) is 3. The van der Waals surface area contributed by atoms with E-state index in [9.17, 15) is 9.90 Å². The lowest BCUT2D eigenvalue weighted by Gasteiger charge is -2.62. The first-order valence-corrected chi connectivity index (χ1v) is 11.1. The summed E-state index contributed by atoms with van der Waals surface area (Å²) in [7, 11) is 0. The van der Waals surface area contributed by atoms with Crippen molar-refractivity contribution in [2.24, 2.45) is 29.1 Å². The summed E-state index contributed by atoms with van der Waals surface area (Å²) in [6.45, 7) is 7.04. The lowest BCUT2D eigenvalue weighted by atomic mass is 9.43. The van der Waals surface area contributed by atoms with Gasteiger partial charge in [0.1, 0.15) is 0 Å². The SMILES string of the molecule is CCCCCC(O)/C=C/C1CC2CC(C1C/C=C/CCCC(=O)O)C2(C)C. The molecular formula is C24H40O3. The molecule has 0 amide bonds. The largest absolute Gasteiger partial charge is 0.481 e. The van der Waals surface area contributed by atoms with Crippen molar-refractivity contribution in [3.05, 3.63) is 24.3 Å². The number of hydrogen-bond acceptors (Lipinski definition) is 2. The lowest BCUT2D eigenvalue weighted by Crippen LogP contribution is -2.55. The molecule has 0 spiro atoms. The van der Waals surface area contributed by atoms with Gasteiger partial charge in [0.25, 0.3) is 0 Å². The van der Waals surface area contributed by atoms with E-state index in [1.807, 2.05) is 0 Å². The van der Waals surface area contributed by atoms with Crippen LogP contribution in [-0.2, 0) is 4.79 Å².